The number of sulfone groups is 1. The molecule has 7 heteroatoms. The number of rotatable bonds is 1. The van der Waals surface area contributed by atoms with Gasteiger partial charge in [-0.05, 0) is 45.4 Å². The molecule has 0 unspecified atom stereocenters. The molecule has 0 spiro atoms. The molecular formula is C17H22FNO4S. The maximum Gasteiger partial charge on any atom is 0.166 e. The average molecular weight is 355 g/mol. The minimum Gasteiger partial charge on any atom is -0.508 e. The fraction of sp³-hybridized carbons (Fsp3) is 0.529. The molecule has 3 atom stereocenters. The summed E-state index contributed by atoms with van der Waals surface area (Å²) in [4.78, 5) is 0. The summed E-state index contributed by atoms with van der Waals surface area (Å²) in [5.41, 5.74) is -0.930. The highest BCUT2D eigenvalue weighted by atomic mass is 32.2. The summed E-state index contributed by atoms with van der Waals surface area (Å²) >= 11 is 0. The molecule has 2 heterocycles. The summed E-state index contributed by atoms with van der Waals surface area (Å²) < 4.78 is 45.6. The Morgan fingerprint density at radius 2 is 2.08 bits per heavy atom. The van der Waals surface area contributed by atoms with Gasteiger partial charge in [0.25, 0.3) is 0 Å². The van der Waals surface area contributed by atoms with Crippen molar-refractivity contribution in [1.29, 1.82) is 0 Å². The van der Waals surface area contributed by atoms with Gasteiger partial charge in [0.1, 0.15) is 21.9 Å². The second kappa shape index (κ2) is 5.20. The molecule has 0 aliphatic carbocycles. The Hall–Kier alpha value is -1.60. The summed E-state index contributed by atoms with van der Waals surface area (Å²) in [5, 5.41) is 12.0. The zero-order valence-corrected chi connectivity index (χ0v) is 14.8. The van der Waals surface area contributed by atoms with E-state index in [0.717, 1.165) is 6.07 Å². The highest BCUT2D eigenvalue weighted by molar-refractivity contribution is 7.93. The molecule has 0 radical (unpaired) electrons. The predicted molar refractivity (Wildman–Crippen MR) is 88.8 cm³/mol. The summed E-state index contributed by atoms with van der Waals surface area (Å²) in [5.74, 6) is -0.723. The van der Waals surface area contributed by atoms with Crippen LogP contribution in [0.3, 0.4) is 0 Å². The molecule has 2 saturated heterocycles. The van der Waals surface area contributed by atoms with Crippen molar-refractivity contribution >= 4 is 9.84 Å². The highest BCUT2D eigenvalue weighted by Crippen LogP contribution is 2.48. The normalized spacial score (nSPS) is 34.2. The summed E-state index contributed by atoms with van der Waals surface area (Å²) in [6.45, 7) is 8.84. The molecular weight excluding hydrogens is 333 g/mol. The number of phenols is 1. The largest absolute Gasteiger partial charge is 0.508 e. The summed E-state index contributed by atoms with van der Waals surface area (Å²) in [6, 6.07) is 3.62. The zero-order valence-electron chi connectivity index (χ0n) is 14.0. The summed E-state index contributed by atoms with van der Waals surface area (Å²) in [6.07, 6.45) is -0.0246. The number of nitrogens with one attached hydrogen (secondary N) is 1. The average Bonchev–Trinajstić information content (AvgIpc) is 2.50. The number of aromatic hydroxyl groups is 1. The van der Waals surface area contributed by atoms with Crippen molar-refractivity contribution in [1.82, 2.24) is 5.32 Å². The number of benzene rings is 1. The lowest BCUT2D eigenvalue weighted by Gasteiger charge is -2.54. The van der Waals surface area contributed by atoms with E-state index in [0.29, 0.717) is 5.70 Å². The number of ether oxygens (including phenoxy) is 1. The van der Waals surface area contributed by atoms with Crippen molar-refractivity contribution in [3.05, 3.63) is 41.9 Å². The molecule has 0 saturated carbocycles. The van der Waals surface area contributed by atoms with Gasteiger partial charge >= 0.3 is 0 Å². The third-order valence-corrected chi connectivity index (χ3v) is 8.32. The molecule has 2 N–H and O–H groups in total. The van der Waals surface area contributed by atoms with E-state index in [2.05, 4.69) is 11.9 Å². The molecule has 0 aromatic heterocycles. The third-order valence-electron chi connectivity index (χ3n) is 5.31. The van der Waals surface area contributed by atoms with E-state index in [4.69, 9.17) is 4.74 Å². The first-order chi connectivity index (χ1) is 11.0. The molecule has 1 aromatic carbocycles. The van der Waals surface area contributed by atoms with Crippen molar-refractivity contribution in [3.8, 4) is 5.75 Å². The van der Waals surface area contributed by atoms with Crippen molar-refractivity contribution in [2.75, 3.05) is 6.61 Å². The topological polar surface area (TPSA) is 75.6 Å². The van der Waals surface area contributed by atoms with Gasteiger partial charge in [-0.1, -0.05) is 6.58 Å². The molecule has 132 valence electrons. The lowest BCUT2D eigenvalue weighted by Crippen LogP contribution is -2.69. The van der Waals surface area contributed by atoms with Crippen LogP contribution >= 0.6 is 0 Å². The van der Waals surface area contributed by atoms with Gasteiger partial charge in [-0.25, -0.2) is 12.8 Å². The van der Waals surface area contributed by atoms with Crippen LogP contribution in [0.2, 0.25) is 0 Å². The van der Waals surface area contributed by atoms with Crippen molar-refractivity contribution in [3.63, 3.8) is 0 Å². The van der Waals surface area contributed by atoms with E-state index in [1.165, 1.54) is 12.1 Å². The Balaban J connectivity index is 2.27. The first kappa shape index (κ1) is 17.2. The van der Waals surface area contributed by atoms with E-state index in [1.807, 2.05) is 0 Å². The van der Waals surface area contributed by atoms with E-state index in [1.54, 1.807) is 20.8 Å². The van der Waals surface area contributed by atoms with Crippen molar-refractivity contribution in [2.24, 2.45) is 0 Å². The van der Waals surface area contributed by atoms with Gasteiger partial charge in [0.2, 0.25) is 0 Å². The number of phenolic OH excluding ortho intramolecular Hbond substituents is 1. The van der Waals surface area contributed by atoms with Gasteiger partial charge in [0.05, 0.1) is 18.0 Å². The van der Waals surface area contributed by atoms with Gasteiger partial charge in [-0.15, -0.1) is 0 Å². The number of hydrogen-bond acceptors (Lipinski definition) is 5. The van der Waals surface area contributed by atoms with Crippen LogP contribution in [0.4, 0.5) is 4.39 Å². The Morgan fingerprint density at radius 1 is 1.42 bits per heavy atom. The smallest absolute Gasteiger partial charge is 0.166 e. The molecule has 2 aliphatic heterocycles. The van der Waals surface area contributed by atoms with Crippen LogP contribution in [0.25, 0.3) is 0 Å². The van der Waals surface area contributed by atoms with E-state index < -0.39 is 31.2 Å². The van der Waals surface area contributed by atoms with Crippen LogP contribution in [0.5, 0.6) is 5.75 Å². The van der Waals surface area contributed by atoms with Crippen LogP contribution in [0.15, 0.2) is 30.5 Å². The van der Waals surface area contributed by atoms with Crippen LogP contribution in [0.1, 0.15) is 32.8 Å². The quantitative estimate of drug-likeness (QED) is 0.808. The maximum atomic E-state index is 14.6. The predicted octanol–water partition coefficient (Wildman–Crippen LogP) is 2.21. The molecule has 24 heavy (non-hydrogen) atoms. The van der Waals surface area contributed by atoms with Gasteiger partial charge in [0, 0.05) is 11.3 Å². The molecule has 5 nitrogen and oxygen atoms in total. The van der Waals surface area contributed by atoms with Gasteiger partial charge < -0.3 is 15.2 Å². The van der Waals surface area contributed by atoms with Gasteiger partial charge in [-0.2, -0.15) is 0 Å². The Kier molecular flexibility index (Phi) is 3.73. The highest BCUT2D eigenvalue weighted by Gasteiger charge is 2.61. The van der Waals surface area contributed by atoms with Crippen molar-refractivity contribution in [2.45, 2.75) is 48.8 Å². The molecule has 0 bridgehead atoms. The van der Waals surface area contributed by atoms with Crippen LogP contribution in [-0.2, 0) is 20.1 Å². The van der Waals surface area contributed by atoms with E-state index in [-0.39, 0.29) is 30.4 Å². The third kappa shape index (κ3) is 2.18. The van der Waals surface area contributed by atoms with Gasteiger partial charge in [-0.3, -0.25) is 0 Å². The Morgan fingerprint density at radius 3 is 2.75 bits per heavy atom. The minimum atomic E-state index is -3.67. The number of halogens is 1. The Labute approximate surface area is 141 Å². The summed E-state index contributed by atoms with van der Waals surface area (Å²) in [7, 11) is -3.67. The fourth-order valence-electron chi connectivity index (χ4n) is 3.57. The second-order valence-corrected chi connectivity index (χ2v) is 9.82. The standard InChI is InChI=1S/C17H22FNO4S/c1-10-7-15-17(9-23-10,13-8-12(20)5-6-14(13)18)19-11(2)16(3,4)24(15,21)22/h5-6,8,10,15,19-20H,2,7,9H2,1,3-4H3/t10-,15+,17+/m0/s1. The molecule has 2 fully saturated rings. The van der Waals surface area contributed by atoms with Crippen LogP contribution in [0, 0.1) is 5.82 Å². The first-order valence-corrected chi connectivity index (χ1v) is 9.38. The van der Waals surface area contributed by atoms with Crippen LogP contribution < -0.4 is 5.32 Å². The second-order valence-electron chi connectivity index (χ2n) is 7.14. The molecule has 3 rings (SSSR count). The fourth-order valence-corrected chi connectivity index (χ4v) is 5.98. The minimum absolute atomic E-state index is 0.0203. The van der Waals surface area contributed by atoms with Crippen LogP contribution in [-0.4, -0.2) is 36.2 Å². The lowest BCUT2D eigenvalue weighted by molar-refractivity contribution is -0.0314. The maximum absolute atomic E-state index is 14.6. The van der Waals surface area contributed by atoms with E-state index >= 15 is 0 Å². The molecule has 2 aliphatic rings. The lowest BCUT2D eigenvalue weighted by atomic mass is 9.81. The molecule has 1 aromatic rings. The van der Waals surface area contributed by atoms with E-state index in [9.17, 15) is 17.9 Å². The molecule has 0 amide bonds. The van der Waals surface area contributed by atoms with Gasteiger partial charge in [0.15, 0.2) is 9.84 Å². The SMILES string of the molecule is C=C1N[C@@]2(c3cc(O)ccc3F)CO[C@@H](C)C[C@H]2S(=O)(=O)C1(C)C. The number of fused-ring (bicyclic) bond motifs is 1. The van der Waals surface area contributed by atoms with Crippen molar-refractivity contribution < 1.29 is 22.7 Å². The first-order valence-electron chi connectivity index (χ1n) is 7.84. The number of hydrogen-bond donors (Lipinski definition) is 2. The Bertz CT molecular complexity index is 805. The zero-order chi connectivity index (χ0) is 17.9. The monoisotopic (exact) mass is 355 g/mol.